The predicted octanol–water partition coefficient (Wildman–Crippen LogP) is 8.67. The van der Waals surface area contributed by atoms with Gasteiger partial charge in [0.1, 0.15) is 41.2 Å². The molecule has 0 aliphatic carbocycles. The summed E-state index contributed by atoms with van der Waals surface area (Å²) in [6.07, 6.45) is 2.12. The molecule has 1 aliphatic heterocycles. The lowest BCUT2D eigenvalue weighted by molar-refractivity contribution is -0.137. The average Bonchev–Trinajstić information content (AvgIpc) is 4.12. The molecule has 3 N–H and O–H groups in total. The Hall–Kier alpha value is -7.50. The molecule has 0 spiro atoms. The minimum absolute atomic E-state index is 0.0848. The lowest BCUT2D eigenvalue weighted by Gasteiger charge is -2.15. The number of hydrogen-bond acceptors (Lipinski definition) is 12. The number of amides is 2. The second-order valence-corrected chi connectivity index (χ2v) is 17.3. The van der Waals surface area contributed by atoms with Crippen LogP contribution in [0.2, 0.25) is 0 Å². The molecule has 0 saturated carbocycles. The zero-order chi connectivity index (χ0) is 45.7. The fourth-order valence-electron chi connectivity index (χ4n) is 7.97. The van der Waals surface area contributed by atoms with Gasteiger partial charge in [-0.15, -0.1) is 10.2 Å². The number of aromatic nitrogens is 8. The van der Waals surface area contributed by atoms with Crippen molar-refractivity contribution < 1.29 is 29.0 Å². The van der Waals surface area contributed by atoms with Gasteiger partial charge < -0.3 is 23.7 Å². The van der Waals surface area contributed by atoms with Gasteiger partial charge in [-0.2, -0.15) is 5.21 Å². The number of tetrazole rings is 1. The molecule has 1 atom stereocenters. The van der Waals surface area contributed by atoms with E-state index in [0.717, 1.165) is 79.9 Å². The number of thiocarbonyl (C=S) groups is 1. The minimum Gasteiger partial charge on any atom is -0.486 e. The predicted molar refractivity (Wildman–Crippen MR) is 254 cm³/mol. The second kappa shape index (κ2) is 19.3. The molecule has 332 valence electrons. The smallest absolute Gasteiger partial charge is 0.303 e. The van der Waals surface area contributed by atoms with Crippen LogP contribution in [-0.2, 0) is 49.1 Å². The standard InChI is InChI=1S/C49H43N9O6S2/c1-3-7-42-51-45(39(22-23-44(59)60)58(42)27-30-12-20-36(31-8-5-4-6-9-31)37(24-30)47-53-55-56-54-47)46(65)32-13-17-34(18-14-32)64-35-19-21-38-40(26-35)57(2)43(50-38)28-63-33-15-10-29(11-16-33)25-41-48(61)52-49(62)66-41/h4-6,8-21,24,26,41H,3,7,22-23,25,27-28H2,1-2H3,(H,59,60)(H,52,61,62)(H,53,54,55,56). The van der Waals surface area contributed by atoms with E-state index >= 15 is 0 Å². The molecule has 9 rings (SSSR count). The van der Waals surface area contributed by atoms with Gasteiger partial charge in [0.2, 0.25) is 11.7 Å². The number of imidazole rings is 2. The molecule has 1 saturated heterocycles. The lowest BCUT2D eigenvalue weighted by Crippen LogP contribution is -2.25. The van der Waals surface area contributed by atoms with Crippen LogP contribution in [0.3, 0.4) is 0 Å². The zero-order valence-electron chi connectivity index (χ0n) is 35.9. The minimum atomic E-state index is -0.908. The molecule has 1 unspecified atom stereocenters. The second-order valence-electron chi connectivity index (χ2n) is 15.7. The van der Waals surface area contributed by atoms with Crippen molar-refractivity contribution in [3.05, 3.63) is 155 Å². The largest absolute Gasteiger partial charge is 0.486 e. The summed E-state index contributed by atoms with van der Waals surface area (Å²) in [7, 11) is 1.93. The number of fused-ring (bicyclic) bond motifs is 1. The third kappa shape index (κ3) is 9.62. The number of aryl methyl sites for hydroxylation is 2. The number of rotatable bonds is 18. The number of carbonyl (C=O) groups is 3. The number of H-pyrrole nitrogens is 1. The number of benzene rings is 5. The molecule has 8 aromatic rings. The summed E-state index contributed by atoms with van der Waals surface area (Å²) in [6.45, 7) is 2.76. The summed E-state index contributed by atoms with van der Waals surface area (Å²) in [6, 6.07) is 36.9. The van der Waals surface area contributed by atoms with Crippen molar-refractivity contribution in [2.24, 2.45) is 7.05 Å². The van der Waals surface area contributed by atoms with E-state index in [1.807, 2.05) is 109 Å². The summed E-state index contributed by atoms with van der Waals surface area (Å²) in [5, 5.41) is 26.4. The monoisotopic (exact) mass is 917 g/mol. The van der Waals surface area contributed by atoms with Crippen molar-refractivity contribution in [2.45, 2.75) is 57.4 Å². The highest BCUT2D eigenvalue weighted by Crippen LogP contribution is 2.33. The molecule has 4 heterocycles. The van der Waals surface area contributed by atoms with Crippen molar-refractivity contribution in [3.8, 4) is 39.8 Å². The quantitative estimate of drug-likeness (QED) is 0.0548. The van der Waals surface area contributed by atoms with E-state index in [9.17, 15) is 19.5 Å². The Labute approximate surface area is 388 Å². The molecule has 17 heteroatoms. The van der Waals surface area contributed by atoms with Crippen LogP contribution in [0, 0.1) is 0 Å². The molecule has 1 aliphatic rings. The van der Waals surface area contributed by atoms with E-state index in [-0.39, 0.29) is 30.6 Å². The Morgan fingerprint density at radius 3 is 2.32 bits per heavy atom. The van der Waals surface area contributed by atoms with E-state index in [2.05, 4.69) is 55.6 Å². The van der Waals surface area contributed by atoms with Crippen LogP contribution in [0.15, 0.2) is 115 Å². The fourth-order valence-corrected chi connectivity index (χ4v) is 9.13. The number of thioether (sulfide) groups is 1. The SMILES string of the molecule is CCCc1nc(C(=S)c2ccc(Oc3ccc4nc(COc5ccc(CC6SC(=O)NC6=O)cc5)n(C)c4c3)cc2)c(CCC(=O)O)n1Cc1ccc(-c2ccccc2)c(-c2nn[nH]n2)c1. The normalized spacial score (nSPS) is 13.6. The van der Waals surface area contributed by atoms with Gasteiger partial charge in [-0.25, -0.2) is 9.97 Å². The number of imide groups is 1. The topological polar surface area (TPSA) is 192 Å². The average molecular weight is 918 g/mol. The first kappa shape index (κ1) is 43.7. The lowest BCUT2D eigenvalue weighted by atomic mass is 9.97. The maximum absolute atomic E-state index is 12.0. The van der Waals surface area contributed by atoms with E-state index < -0.39 is 11.2 Å². The van der Waals surface area contributed by atoms with Gasteiger partial charge >= 0.3 is 5.97 Å². The van der Waals surface area contributed by atoms with Gasteiger partial charge in [-0.1, -0.05) is 85.5 Å². The van der Waals surface area contributed by atoms with Gasteiger partial charge in [0.25, 0.3) is 5.24 Å². The molecule has 0 bridgehead atoms. The molecule has 66 heavy (non-hydrogen) atoms. The molecule has 2 amide bonds. The molecular weight excluding hydrogens is 875 g/mol. The number of nitrogens with zero attached hydrogens (tertiary/aromatic N) is 7. The summed E-state index contributed by atoms with van der Waals surface area (Å²) in [4.78, 5) is 45.8. The molecule has 0 radical (unpaired) electrons. The first-order chi connectivity index (χ1) is 32.1. The number of aromatic amines is 1. The van der Waals surface area contributed by atoms with Crippen LogP contribution in [0.1, 0.15) is 59.5 Å². The summed E-state index contributed by atoms with van der Waals surface area (Å²) in [5.41, 5.74) is 8.46. The molecule has 1 fully saturated rings. The highest BCUT2D eigenvalue weighted by Gasteiger charge is 2.31. The molecule has 3 aromatic heterocycles. The van der Waals surface area contributed by atoms with Gasteiger partial charge in [-0.3, -0.25) is 19.7 Å². The van der Waals surface area contributed by atoms with E-state index in [1.165, 1.54) is 0 Å². The van der Waals surface area contributed by atoms with E-state index in [4.69, 9.17) is 31.7 Å². The number of nitrogens with one attached hydrogen (secondary N) is 2. The van der Waals surface area contributed by atoms with Crippen LogP contribution < -0.4 is 14.8 Å². The van der Waals surface area contributed by atoms with Crippen molar-refractivity contribution >= 4 is 57.0 Å². The van der Waals surface area contributed by atoms with E-state index in [1.54, 1.807) is 0 Å². The maximum atomic E-state index is 12.0. The zero-order valence-corrected chi connectivity index (χ0v) is 37.6. The van der Waals surface area contributed by atoms with Crippen LogP contribution in [0.5, 0.6) is 17.2 Å². The third-order valence-corrected chi connectivity index (χ3v) is 12.7. The number of hydrogen-bond donors (Lipinski definition) is 3. The van der Waals surface area contributed by atoms with Crippen molar-refractivity contribution in [1.82, 2.24) is 45.0 Å². The first-order valence-corrected chi connectivity index (χ1v) is 22.6. The van der Waals surface area contributed by atoms with Crippen LogP contribution in [0.25, 0.3) is 33.5 Å². The van der Waals surface area contributed by atoms with Gasteiger partial charge in [0, 0.05) is 43.8 Å². The molecule has 15 nitrogen and oxygen atoms in total. The van der Waals surface area contributed by atoms with Gasteiger partial charge in [0.15, 0.2) is 0 Å². The number of carboxylic acids is 1. The highest BCUT2D eigenvalue weighted by molar-refractivity contribution is 8.15. The van der Waals surface area contributed by atoms with Crippen molar-refractivity contribution in [1.29, 1.82) is 0 Å². The number of ether oxygens (including phenoxy) is 2. The highest BCUT2D eigenvalue weighted by atomic mass is 32.2. The fraction of sp³-hybridized carbons (Fsp3) is 0.204. The van der Waals surface area contributed by atoms with E-state index in [0.29, 0.717) is 53.0 Å². The Morgan fingerprint density at radius 1 is 0.848 bits per heavy atom. The van der Waals surface area contributed by atoms with Crippen LogP contribution >= 0.6 is 24.0 Å². The maximum Gasteiger partial charge on any atom is 0.303 e. The number of carboxylic acid groups (broad SMARTS) is 1. The Morgan fingerprint density at radius 2 is 1.61 bits per heavy atom. The Bertz CT molecular complexity index is 3080. The molecular formula is C49H43N9O6S2. The van der Waals surface area contributed by atoms with Crippen LogP contribution in [-0.4, -0.2) is 72.1 Å². The number of carbonyl (C=O) groups excluding carboxylic acids is 2. The summed E-state index contributed by atoms with van der Waals surface area (Å²) >= 11 is 7.13. The van der Waals surface area contributed by atoms with Crippen molar-refractivity contribution in [3.63, 3.8) is 0 Å². The van der Waals surface area contributed by atoms with Gasteiger partial charge in [-0.05, 0) is 100 Å². The first-order valence-electron chi connectivity index (χ1n) is 21.3. The van der Waals surface area contributed by atoms with Crippen molar-refractivity contribution in [2.75, 3.05) is 0 Å². The Balaban J connectivity index is 0.908. The Kier molecular flexibility index (Phi) is 12.8. The molecule has 5 aromatic carbocycles. The summed E-state index contributed by atoms with van der Waals surface area (Å²) < 4.78 is 16.5. The van der Waals surface area contributed by atoms with Gasteiger partial charge in [0.05, 0.1) is 27.6 Å². The van der Waals surface area contributed by atoms with Crippen LogP contribution in [0.4, 0.5) is 4.79 Å². The number of aliphatic carboxylic acids is 1. The summed E-state index contributed by atoms with van der Waals surface area (Å²) in [5.74, 6) is 2.74. The third-order valence-electron chi connectivity index (χ3n) is 11.3.